The van der Waals surface area contributed by atoms with Crippen LogP contribution in [0, 0.1) is 13.8 Å². The molecule has 0 saturated heterocycles. The van der Waals surface area contributed by atoms with Gasteiger partial charge in [-0.1, -0.05) is 23.8 Å². The molecule has 0 saturated carbocycles. The zero-order valence-electron chi connectivity index (χ0n) is 10.2. The van der Waals surface area contributed by atoms with Gasteiger partial charge in [-0.15, -0.1) is 0 Å². The lowest BCUT2D eigenvalue weighted by Crippen LogP contribution is -2.02. The Hall–Kier alpha value is -2.29. The summed E-state index contributed by atoms with van der Waals surface area (Å²) in [7, 11) is 0. The van der Waals surface area contributed by atoms with Crippen LogP contribution in [-0.2, 0) is 0 Å². The molecule has 3 aromatic rings. The topological polar surface area (TPSA) is 50.4 Å². The van der Waals surface area contributed by atoms with Crippen LogP contribution >= 0.6 is 0 Å². The fraction of sp³-hybridized carbons (Fsp3) is 0.133. The summed E-state index contributed by atoms with van der Waals surface area (Å²) in [5, 5.41) is 11.9. The molecular weight excluding hydrogens is 228 g/mol. The van der Waals surface area contributed by atoms with Gasteiger partial charge in [-0.2, -0.15) is 0 Å². The smallest absolute Gasteiger partial charge is 0.344 e. The lowest BCUT2D eigenvalue weighted by Gasteiger charge is -2.07. The molecule has 1 N–H and O–H groups in total. The first-order chi connectivity index (χ1) is 8.58. The van der Waals surface area contributed by atoms with Gasteiger partial charge in [-0.05, 0) is 31.5 Å². The molecule has 90 valence electrons. The maximum absolute atomic E-state index is 12.0. The maximum atomic E-state index is 12.0. The fourth-order valence-electron chi connectivity index (χ4n) is 2.46. The number of hydrogen-bond donors (Lipinski definition) is 1. The van der Waals surface area contributed by atoms with Crippen LogP contribution in [0.2, 0.25) is 0 Å². The van der Waals surface area contributed by atoms with Gasteiger partial charge in [0, 0.05) is 5.39 Å². The van der Waals surface area contributed by atoms with Crippen molar-refractivity contribution in [3.63, 3.8) is 0 Å². The van der Waals surface area contributed by atoms with E-state index in [1.807, 2.05) is 26.0 Å². The van der Waals surface area contributed by atoms with Gasteiger partial charge in [0.15, 0.2) is 0 Å². The number of benzene rings is 2. The van der Waals surface area contributed by atoms with Crippen LogP contribution in [0.4, 0.5) is 0 Å². The summed E-state index contributed by atoms with van der Waals surface area (Å²) in [4.78, 5) is 12.0. The molecule has 1 heterocycles. The van der Waals surface area contributed by atoms with Crippen molar-refractivity contribution >= 4 is 21.7 Å². The van der Waals surface area contributed by atoms with Crippen LogP contribution < -0.4 is 5.63 Å². The van der Waals surface area contributed by atoms with Gasteiger partial charge in [0.1, 0.15) is 11.3 Å². The van der Waals surface area contributed by atoms with Crippen molar-refractivity contribution in [3.8, 4) is 5.75 Å². The molecule has 0 fully saturated rings. The number of rotatable bonds is 0. The third kappa shape index (κ3) is 1.40. The highest BCUT2D eigenvalue weighted by molar-refractivity contribution is 6.08. The average Bonchev–Trinajstić information content (AvgIpc) is 2.27. The number of aromatic hydroxyl groups is 1. The summed E-state index contributed by atoms with van der Waals surface area (Å²) >= 11 is 0. The lowest BCUT2D eigenvalue weighted by atomic mass is 10.0. The van der Waals surface area contributed by atoms with E-state index in [1.165, 1.54) is 0 Å². The van der Waals surface area contributed by atoms with Crippen molar-refractivity contribution in [2.75, 3.05) is 0 Å². The molecule has 0 aliphatic carbocycles. The van der Waals surface area contributed by atoms with Crippen molar-refractivity contribution in [3.05, 3.63) is 51.9 Å². The standard InChI is InChI=1S/C15H12O3/c1-8-6-9(2)13-10(7-8)14-11(16)4-3-5-12(14)18-15(13)17/h3-7,16H,1-2H3. The average molecular weight is 240 g/mol. The van der Waals surface area contributed by atoms with Crippen molar-refractivity contribution in [1.29, 1.82) is 0 Å². The van der Waals surface area contributed by atoms with Gasteiger partial charge in [0.05, 0.1) is 10.8 Å². The molecule has 0 unspecified atom stereocenters. The van der Waals surface area contributed by atoms with E-state index in [0.29, 0.717) is 16.4 Å². The maximum Gasteiger partial charge on any atom is 0.344 e. The second-order valence-corrected chi connectivity index (χ2v) is 4.54. The second-order valence-electron chi connectivity index (χ2n) is 4.54. The van der Waals surface area contributed by atoms with E-state index < -0.39 is 0 Å². The van der Waals surface area contributed by atoms with E-state index in [2.05, 4.69) is 0 Å². The Morgan fingerprint density at radius 3 is 2.67 bits per heavy atom. The molecule has 18 heavy (non-hydrogen) atoms. The van der Waals surface area contributed by atoms with Gasteiger partial charge >= 0.3 is 5.63 Å². The van der Waals surface area contributed by atoms with Crippen LogP contribution in [0.1, 0.15) is 11.1 Å². The molecule has 0 radical (unpaired) electrons. The normalized spacial score (nSPS) is 11.2. The summed E-state index contributed by atoms with van der Waals surface area (Å²) in [6.07, 6.45) is 0. The molecular formula is C15H12O3. The Bertz CT molecular complexity index is 828. The Kier molecular flexibility index (Phi) is 2.17. The van der Waals surface area contributed by atoms with Gasteiger partial charge in [-0.3, -0.25) is 0 Å². The highest BCUT2D eigenvalue weighted by atomic mass is 16.4. The number of phenolic OH excluding ortho intramolecular Hbond substituents is 1. The number of fused-ring (bicyclic) bond motifs is 3. The molecule has 1 aromatic heterocycles. The lowest BCUT2D eigenvalue weighted by molar-refractivity contribution is 0.480. The van der Waals surface area contributed by atoms with Crippen LogP contribution in [0.15, 0.2) is 39.5 Å². The highest BCUT2D eigenvalue weighted by Gasteiger charge is 2.12. The molecule has 0 aliphatic rings. The predicted octanol–water partition coefficient (Wildman–Crippen LogP) is 3.27. The molecule has 0 amide bonds. The highest BCUT2D eigenvalue weighted by Crippen LogP contribution is 2.31. The fourth-order valence-corrected chi connectivity index (χ4v) is 2.46. The van der Waals surface area contributed by atoms with Crippen LogP contribution in [-0.4, -0.2) is 5.11 Å². The summed E-state index contributed by atoms with van der Waals surface area (Å²) in [6.45, 7) is 3.84. The van der Waals surface area contributed by atoms with E-state index in [4.69, 9.17) is 4.42 Å². The van der Waals surface area contributed by atoms with Gasteiger partial charge in [0.2, 0.25) is 0 Å². The zero-order chi connectivity index (χ0) is 12.9. The Morgan fingerprint density at radius 2 is 1.89 bits per heavy atom. The summed E-state index contributed by atoms with van der Waals surface area (Å²) in [6, 6.07) is 8.79. The third-order valence-corrected chi connectivity index (χ3v) is 3.16. The molecule has 0 bridgehead atoms. The van der Waals surface area contributed by atoms with Gasteiger partial charge in [-0.25, -0.2) is 4.79 Å². The molecule has 0 atom stereocenters. The molecule has 3 rings (SSSR count). The minimum atomic E-state index is -0.361. The van der Waals surface area contributed by atoms with Gasteiger partial charge in [0.25, 0.3) is 0 Å². The quantitative estimate of drug-likeness (QED) is 0.484. The number of hydrogen-bond acceptors (Lipinski definition) is 3. The molecule has 0 spiro atoms. The SMILES string of the molecule is Cc1cc(C)c2c(=O)oc3cccc(O)c3c2c1. The Morgan fingerprint density at radius 1 is 1.11 bits per heavy atom. The van der Waals surface area contributed by atoms with E-state index >= 15 is 0 Å². The molecule has 2 aromatic carbocycles. The van der Waals surface area contributed by atoms with Crippen molar-refractivity contribution < 1.29 is 9.52 Å². The molecule has 0 aliphatic heterocycles. The minimum Gasteiger partial charge on any atom is -0.507 e. The van der Waals surface area contributed by atoms with Crippen molar-refractivity contribution in [1.82, 2.24) is 0 Å². The zero-order valence-corrected chi connectivity index (χ0v) is 10.2. The minimum absolute atomic E-state index is 0.131. The molecule has 3 heteroatoms. The third-order valence-electron chi connectivity index (χ3n) is 3.16. The van der Waals surface area contributed by atoms with Crippen LogP contribution in [0.3, 0.4) is 0 Å². The van der Waals surface area contributed by atoms with Crippen LogP contribution in [0.5, 0.6) is 5.75 Å². The first-order valence-corrected chi connectivity index (χ1v) is 5.73. The number of aryl methyl sites for hydroxylation is 2. The monoisotopic (exact) mass is 240 g/mol. The first-order valence-electron chi connectivity index (χ1n) is 5.73. The van der Waals surface area contributed by atoms with Crippen molar-refractivity contribution in [2.24, 2.45) is 0 Å². The summed E-state index contributed by atoms with van der Waals surface area (Å²) in [5.41, 5.74) is 1.97. The van der Waals surface area contributed by atoms with E-state index in [9.17, 15) is 9.90 Å². The predicted molar refractivity (Wildman–Crippen MR) is 71.1 cm³/mol. The van der Waals surface area contributed by atoms with E-state index in [0.717, 1.165) is 16.5 Å². The summed E-state index contributed by atoms with van der Waals surface area (Å²) in [5.74, 6) is 0.131. The van der Waals surface area contributed by atoms with Gasteiger partial charge < -0.3 is 9.52 Å². The van der Waals surface area contributed by atoms with E-state index in [-0.39, 0.29) is 11.4 Å². The largest absolute Gasteiger partial charge is 0.507 e. The Balaban J connectivity index is 2.73. The Labute approximate surface area is 103 Å². The first kappa shape index (κ1) is 10.8. The van der Waals surface area contributed by atoms with Crippen molar-refractivity contribution in [2.45, 2.75) is 13.8 Å². The molecule has 3 nitrogen and oxygen atoms in total. The van der Waals surface area contributed by atoms with Crippen LogP contribution in [0.25, 0.3) is 21.7 Å². The second kappa shape index (κ2) is 3.60. The summed E-state index contributed by atoms with van der Waals surface area (Å²) < 4.78 is 5.26. The van der Waals surface area contributed by atoms with E-state index in [1.54, 1.807) is 18.2 Å². The number of phenols is 1.